The molecular formula is C11H17ClN2O. The molecule has 1 aromatic heterocycles. The standard InChI is InChI=1S/C11H17ClN2O/c1-2-3-4-5-6-7-14-9-13-10(12)8-11(14)15/h8-9H,2-7H2,1H3. The molecule has 0 spiro atoms. The smallest absolute Gasteiger partial charge is 0.254 e. The quantitative estimate of drug-likeness (QED) is 0.554. The highest BCUT2D eigenvalue weighted by Gasteiger charge is 1.97. The van der Waals surface area contributed by atoms with E-state index < -0.39 is 0 Å². The topological polar surface area (TPSA) is 34.9 Å². The lowest BCUT2D eigenvalue weighted by Gasteiger charge is -2.04. The molecule has 1 aromatic rings. The Kier molecular flexibility index (Phi) is 5.40. The van der Waals surface area contributed by atoms with Crippen LogP contribution in [0, 0.1) is 0 Å². The summed E-state index contributed by atoms with van der Waals surface area (Å²) < 4.78 is 1.61. The number of unbranched alkanes of at least 4 members (excludes halogenated alkanes) is 4. The van der Waals surface area contributed by atoms with Crippen LogP contribution >= 0.6 is 11.6 Å². The number of aryl methyl sites for hydroxylation is 1. The van der Waals surface area contributed by atoms with Crippen LogP contribution in [0.15, 0.2) is 17.2 Å². The molecule has 0 unspecified atom stereocenters. The van der Waals surface area contributed by atoms with Gasteiger partial charge in [0, 0.05) is 12.6 Å². The Hall–Kier alpha value is -0.830. The summed E-state index contributed by atoms with van der Waals surface area (Å²) in [6.07, 6.45) is 7.47. The van der Waals surface area contributed by atoms with Gasteiger partial charge in [0.1, 0.15) is 5.15 Å². The molecule has 0 radical (unpaired) electrons. The van der Waals surface area contributed by atoms with Crippen LogP contribution in [0.1, 0.15) is 39.0 Å². The van der Waals surface area contributed by atoms with Crippen LogP contribution in [0.3, 0.4) is 0 Å². The molecule has 0 saturated heterocycles. The summed E-state index contributed by atoms with van der Waals surface area (Å²) in [6.45, 7) is 2.93. The first-order chi connectivity index (χ1) is 7.24. The molecular weight excluding hydrogens is 212 g/mol. The van der Waals surface area contributed by atoms with Crippen molar-refractivity contribution >= 4 is 11.6 Å². The fourth-order valence-corrected chi connectivity index (χ4v) is 1.59. The van der Waals surface area contributed by atoms with Gasteiger partial charge in [0.15, 0.2) is 0 Å². The van der Waals surface area contributed by atoms with Gasteiger partial charge in [-0.1, -0.05) is 44.2 Å². The van der Waals surface area contributed by atoms with E-state index in [1.54, 1.807) is 4.57 Å². The lowest BCUT2D eigenvalue weighted by molar-refractivity contribution is 0.553. The zero-order chi connectivity index (χ0) is 11.1. The monoisotopic (exact) mass is 228 g/mol. The van der Waals surface area contributed by atoms with Gasteiger partial charge in [-0.15, -0.1) is 0 Å². The average molecular weight is 229 g/mol. The van der Waals surface area contributed by atoms with Crippen LogP contribution < -0.4 is 5.56 Å². The second-order valence-electron chi connectivity index (χ2n) is 3.66. The second-order valence-corrected chi connectivity index (χ2v) is 4.04. The predicted octanol–water partition coefficient (Wildman–Crippen LogP) is 2.87. The highest BCUT2D eigenvalue weighted by molar-refractivity contribution is 6.29. The van der Waals surface area contributed by atoms with E-state index in [-0.39, 0.29) is 10.7 Å². The van der Waals surface area contributed by atoms with E-state index in [0.29, 0.717) is 0 Å². The SMILES string of the molecule is CCCCCCCn1cnc(Cl)cc1=O. The van der Waals surface area contributed by atoms with E-state index >= 15 is 0 Å². The van der Waals surface area contributed by atoms with Gasteiger partial charge in [-0.25, -0.2) is 4.98 Å². The van der Waals surface area contributed by atoms with Crippen molar-refractivity contribution in [3.05, 3.63) is 27.9 Å². The van der Waals surface area contributed by atoms with Crippen molar-refractivity contribution in [2.45, 2.75) is 45.6 Å². The Morgan fingerprint density at radius 2 is 2.07 bits per heavy atom. The Morgan fingerprint density at radius 3 is 2.73 bits per heavy atom. The Balaban J connectivity index is 2.34. The van der Waals surface area contributed by atoms with Crippen molar-refractivity contribution in [1.29, 1.82) is 0 Å². The van der Waals surface area contributed by atoms with Gasteiger partial charge in [-0.2, -0.15) is 0 Å². The Morgan fingerprint density at radius 1 is 1.33 bits per heavy atom. The van der Waals surface area contributed by atoms with Crippen LogP contribution in [-0.4, -0.2) is 9.55 Å². The molecule has 0 aromatic carbocycles. The maximum atomic E-state index is 11.4. The second kappa shape index (κ2) is 6.62. The van der Waals surface area contributed by atoms with Crippen molar-refractivity contribution < 1.29 is 0 Å². The van der Waals surface area contributed by atoms with E-state index in [1.807, 2.05) is 0 Å². The third-order valence-electron chi connectivity index (χ3n) is 2.35. The van der Waals surface area contributed by atoms with Gasteiger partial charge in [0.25, 0.3) is 5.56 Å². The van der Waals surface area contributed by atoms with Crippen LogP contribution in [0.5, 0.6) is 0 Å². The van der Waals surface area contributed by atoms with Crippen molar-refractivity contribution in [2.75, 3.05) is 0 Å². The van der Waals surface area contributed by atoms with E-state index in [2.05, 4.69) is 11.9 Å². The molecule has 1 heterocycles. The summed E-state index contributed by atoms with van der Waals surface area (Å²) in [4.78, 5) is 15.3. The number of aromatic nitrogens is 2. The average Bonchev–Trinajstić information content (AvgIpc) is 2.20. The number of hydrogen-bond acceptors (Lipinski definition) is 2. The van der Waals surface area contributed by atoms with Crippen LogP contribution in [0.2, 0.25) is 5.15 Å². The van der Waals surface area contributed by atoms with Gasteiger partial charge < -0.3 is 0 Å². The number of hydrogen-bond donors (Lipinski definition) is 0. The van der Waals surface area contributed by atoms with E-state index in [4.69, 9.17) is 11.6 Å². The van der Waals surface area contributed by atoms with Gasteiger partial charge in [0.2, 0.25) is 0 Å². The molecule has 0 amide bonds. The van der Waals surface area contributed by atoms with E-state index in [9.17, 15) is 4.79 Å². The molecule has 0 atom stereocenters. The van der Waals surface area contributed by atoms with Crippen molar-refractivity contribution in [3.63, 3.8) is 0 Å². The third kappa shape index (κ3) is 4.47. The minimum absolute atomic E-state index is 0.0644. The summed E-state index contributed by atoms with van der Waals surface area (Å²) in [6, 6.07) is 1.35. The zero-order valence-electron chi connectivity index (χ0n) is 9.08. The largest absolute Gasteiger partial charge is 0.299 e. The van der Waals surface area contributed by atoms with E-state index in [0.717, 1.165) is 13.0 Å². The minimum Gasteiger partial charge on any atom is -0.299 e. The van der Waals surface area contributed by atoms with Crippen molar-refractivity contribution in [2.24, 2.45) is 0 Å². The lowest BCUT2D eigenvalue weighted by atomic mass is 10.1. The van der Waals surface area contributed by atoms with Gasteiger partial charge in [-0.05, 0) is 6.42 Å². The molecule has 4 heteroatoms. The number of halogens is 1. The highest BCUT2D eigenvalue weighted by Crippen LogP contribution is 2.03. The zero-order valence-corrected chi connectivity index (χ0v) is 9.83. The fraction of sp³-hybridized carbons (Fsp3) is 0.636. The third-order valence-corrected chi connectivity index (χ3v) is 2.56. The maximum Gasteiger partial charge on any atom is 0.254 e. The van der Waals surface area contributed by atoms with Gasteiger partial charge in [0.05, 0.1) is 6.33 Å². The molecule has 0 saturated carbocycles. The molecule has 0 aliphatic rings. The lowest BCUT2D eigenvalue weighted by Crippen LogP contribution is -2.19. The molecule has 0 N–H and O–H groups in total. The number of nitrogens with zero attached hydrogens (tertiary/aromatic N) is 2. The normalized spacial score (nSPS) is 10.5. The van der Waals surface area contributed by atoms with E-state index in [1.165, 1.54) is 38.1 Å². The summed E-state index contributed by atoms with van der Waals surface area (Å²) in [7, 11) is 0. The fourth-order valence-electron chi connectivity index (χ4n) is 1.46. The molecule has 0 bridgehead atoms. The summed E-state index contributed by atoms with van der Waals surface area (Å²) in [5, 5.41) is 0.266. The first-order valence-electron chi connectivity index (χ1n) is 5.46. The maximum absolute atomic E-state index is 11.4. The molecule has 84 valence electrons. The van der Waals surface area contributed by atoms with Crippen molar-refractivity contribution in [1.82, 2.24) is 9.55 Å². The highest BCUT2D eigenvalue weighted by atomic mass is 35.5. The minimum atomic E-state index is -0.0644. The molecule has 0 aliphatic heterocycles. The summed E-state index contributed by atoms with van der Waals surface area (Å²) in [5.41, 5.74) is -0.0644. The first-order valence-corrected chi connectivity index (χ1v) is 5.84. The first kappa shape index (κ1) is 12.2. The molecule has 3 nitrogen and oxygen atoms in total. The Labute approximate surface area is 95.1 Å². The molecule has 15 heavy (non-hydrogen) atoms. The summed E-state index contributed by atoms with van der Waals surface area (Å²) in [5.74, 6) is 0. The van der Waals surface area contributed by atoms with Gasteiger partial charge >= 0.3 is 0 Å². The van der Waals surface area contributed by atoms with Crippen LogP contribution in [0.4, 0.5) is 0 Å². The molecule has 0 aliphatic carbocycles. The predicted molar refractivity (Wildman–Crippen MR) is 62.3 cm³/mol. The molecule has 0 fully saturated rings. The van der Waals surface area contributed by atoms with Crippen LogP contribution in [-0.2, 0) is 6.54 Å². The van der Waals surface area contributed by atoms with Crippen LogP contribution in [0.25, 0.3) is 0 Å². The van der Waals surface area contributed by atoms with Crippen molar-refractivity contribution in [3.8, 4) is 0 Å². The van der Waals surface area contributed by atoms with Gasteiger partial charge in [-0.3, -0.25) is 9.36 Å². The number of rotatable bonds is 6. The Bertz CT molecular complexity index is 349. The summed E-state index contributed by atoms with van der Waals surface area (Å²) >= 11 is 5.60. The molecule has 1 rings (SSSR count).